The first-order valence-electron chi connectivity index (χ1n) is 6.76. The Kier molecular flexibility index (Phi) is 3.84. The third-order valence-corrected chi connectivity index (χ3v) is 3.23. The quantitative estimate of drug-likeness (QED) is 0.894. The van der Waals surface area contributed by atoms with Crippen molar-refractivity contribution in [1.29, 1.82) is 0 Å². The van der Waals surface area contributed by atoms with Crippen LogP contribution in [0.3, 0.4) is 0 Å². The molecule has 0 aromatic heterocycles. The largest absolute Gasteiger partial charge is 0.454 e. The maximum atomic E-state index is 13.9. The molecule has 1 fully saturated rings. The Hall–Kier alpha value is -2.01. The fourth-order valence-corrected chi connectivity index (χ4v) is 2.00. The standard InChI is InChI=1S/C16H14F3NO/c17-11-6-12(18)8-14(7-11)21-16-4-1-10(5-15(16)19)9-20-13-2-3-13/h1,4-8,13,20H,2-3,9H2. The zero-order valence-corrected chi connectivity index (χ0v) is 11.2. The molecule has 1 N–H and O–H groups in total. The molecular weight excluding hydrogens is 279 g/mol. The van der Waals surface area contributed by atoms with E-state index in [0.717, 1.165) is 36.6 Å². The lowest BCUT2D eigenvalue weighted by atomic mass is 10.2. The molecule has 3 rings (SSSR count). The van der Waals surface area contributed by atoms with Crippen LogP contribution in [0.5, 0.6) is 11.5 Å². The van der Waals surface area contributed by atoms with Crippen molar-refractivity contribution in [3.05, 3.63) is 59.4 Å². The van der Waals surface area contributed by atoms with E-state index >= 15 is 0 Å². The van der Waals surface area contributed by atoms with E-state index in [9.17, 15) is 13.2 Å². The van der Waals surface area contributed by atoms with E-state index in [-0.39, 0.29) is 11.5 Å². The first kappa shape index (κ1) is 13.9. The van der Waals surface area contributed by atoms with Crippen LogP contribution in [0.25, 0.3) is 0 Å². The Labute approximate surface area is 120 Å². The molecule has 2 nitrogen and oxygen atoms in total. The fourth-order valence-electron chi connectivity index (χ4n) is 2.00. The highest BCUT2D eigenvalue weighted by Gasteiger charge is 2.20. The van der Waals surface area contributed by atoms with Crippen molar-refractivity contribution in [3.63, 3.8) is 0 Å². The molecule has 2 aromatic rings. The van der Waals surface area contributed by atoms with Crippen LogP contribution < -0.4 is 10.1 Å². The summed E-state index contributed by atoms with van der Waals surface area (Å²) in [6.07, 6.45) is 2.32. The van der Waals surface area contributed by atoms with Crippen molar-refractivity contribution in [2.75, 3.05) is 0 Å². The van der Waals surface area contributed by atoms with Crippen LogP contribution in [0.2, 0.25) is 0 Å². The van der Waals surface area contributed by atoms with Gasteiger partial charge in [0.25, 0.3) is 0 Å². The molecule has 2 aromatic carbocycles. The molecule has 0 aliphatic heterocycles. The summed E-state index contributed by atoms with van der Waals surface area (Å²) in [4.78, 5) is 0. The smallest absolute Gasteiger partial charge is 0.166 e. The van der Waals surface area contributed by atoms with Gasteiger partial charge in [0, 0.05) is 30.8 Å². The Morgan fingerprint density at radius 1 is 1.00 bits per heavy atom. The van der Waals surface area contributed by atoms with Crippen molar-refractivity contribution in [2.45, 2.75) is 25.4 Å². The van der Waals surface area contributed by atoms with E-state index in [4.69, 9.17) is 4.74 Å². The van der Waals surface area contributed by atoms with Crippen LogP contribution in [0, 0.1) is 17.5 Å². The van der Waals surface area contributed by atoms with Crippen molar-refractivity contribution >= 4 is 0 Å². The number of hydrogen-bond acceptors (Lipinski definition) is 2. The second-order valence-electron chi connectivity index (χ2n) is 5.13. The zero-order chi connectivity index (χ0) is 14.8. The van der Waals surface area contributed by atoms with E-state index in [0.29, 0.717) is 12.6 Å². The fraction of sp³-hybridized carbons (Fsp3) is 0.250. The van der Waals surface area contributed by atoms with Gasteiger partial charge in [-0.25, -0.2) is 13.2 Å². The molecule has 0 saturated heterocycles. The monoisotopic (exact) mass is 293 g/mol. The minimum absolute atomic E-state index is 0.0600. The van der Waals surface area contributed by atoms with Gasteiger partial charge in [-0.1, -0.05) is 6.07 Å². The first-order chi connectivity index (χ1) is 10.1. The number of halogens is 3. The lowest BCUT2D eigenvalue weighted by Crippen LogP contribution is -2.15. The normalized spacial score (nSPS) is 14.2. The number of rotatable bonds is 5. The zero-order valence-electron chi connectivity index (χ0n) is 11.2. The van der Waals surface area contributed by atoms with Gasteiger partial charge in [-0.05, 0) is 30.5 Å². The molecule has 0 heterocycles. The van der Waals surface area contributed by atoms with Crippen molar-refractivity contribution in [3.8, 4) is 11.5 Å². The summed E-state index contributed by atoms with van der Waals surface area (Å²) in [6.45, 7) is 0.594. The highest BCUT2D eigenvalue weighted by molar-refractivity contribution is 5.35. The van der Waals surface area contributed by atoms with Crippen LogP contribution in [-0.4, -0.2) is 6.04 Å². The van der Waals surface area contributed by atoms with E-state index in [1.54, 1.807) is 6.07 Å². The lowest BCUT2D eigenvalue weighted by molar-refractivity contribution is 0.433. The molecule has 1 aliphatic rings. The van der Waals surface area contributed by atoms with Gasteiger partial charge < -0.3 is 10.1 Å². The molecule has 1 saturated carbocycles. The average Bonchev–Trinajstić information content (AvgIpc) is 3.22. The maximum Gasteiger partial charge on any atom is 0.166 e. The third-order valence-electron chi connectivity index (χ3n) is 3.23. The molecule has 1 aliphatic carbocycles. The molecule has 0 radical (unpaired) electrons. The molecule has 0 unspecified atom stereocenters. The van der Waals surface area contributed by atoms with Gasteiger partial charge in [-0.2, -0.15) is 0 Å². The molecule has 5 heteroatoms. The molecule has 0 spiro atoms. The van der Waals surface area contributed by atoms with Crippen molar-refractivity contribution < 1.29 is 17.9 Å². The highest BCUT2D eigenvalue weighted by atomic mass is 19.1. The second kappa shape index (κ2) is 5.77. The number of nitrogens with one attached hydrogen (secondary N) is 1. The topological polar surface area (TPSA) is 21.3 Å². The highest BCUT2D eigenvalue weighted by Crippen LogP contribution is 2.27. The van der Waals surface area contributed by atoms with E-state index in [1.807, 2.05) is 0 Å². The van der Waals surface area contributed by atoms with Crippen LogP contribution in [0.1, 0.15) is 18.4 Å². The Morgan fingerprint density at radius 3 is 2.33 bits per heavy atom. The molecule has 21 heavy (non-hydrogen) atoms. The molecule has 0 bridgehead atoms. The van der Waals surface area contributed by atoms with Crippen LogP contribution in [0.15, 0.2) is 36.4 Å². The molecule has 0 atom stereocenters. The Bertz CT molecular complexity index is 636. The predicted molar refractivity (Wildman–Crippen MR) is 72.7 cm³/mol. The Balaban J connectivity index is 1.72. The van der Waals surface area contributed by atoms with Crippen LogP contribution >= 0.6 is 0 Å². The van der Waals surface area contributed by atoms with Gasteiger partial charge in [-0.3, -0.25) is 0 Å². The SMILES string of the molecule is Fc1cc(F)cc(Oc2ccc(CNC3CC3)cc2F)c1. The summed E-state index contributed by atoms with van der Waals surface area (Å²) < 4.78 is 45.2. The number of ether oxygens (including phenoxy) is 1. The molecule has 110 valence electrons. The predicted octanol–water partition coefficient (Wildman–Crippen LogP) is 4.15. The second-order valence-corrected chi connectivity index (χ2v) is 5.13. The Morgan fingerprint density at radius 2 is 1.71 bits per heavy atom. The lowest BCUT2D eigenvalue weighted by Gasteiger charge is -2.09. The van der Waals surface area contributed by atoms with E-state index in [2.05, 4.69) is 5.32 Å². The van der Waals surface area contributed by atoms with E-state index in [1.165, 1.54) is 12.1 Å². The summed E-state index contributed by atoms with van der Waals surface area (Å²) in [5.74, 6) is -2.23. The minimum Gasteiger partial charge on any atom is -0.454 e. The first-order valence-corrected chi connectivity index (χ1v) is 6.76. The third kappa shape index (κ3) is 3.76. The summed E-state index contributed by atoms with van der Waals surface area (Å²) >= 11 is 0. The number of benzene rings is 2. The van der Waals surface area contributed by atoms with Crippen molar-refractivity contribution in [1.82, 2.24) is 5.32 Å². The summed E-state index contributed by atoms with van der Waals surface area (Å²) in [7, 11) is 0. The van der Waals surface area contributed by atoms with Gasteiger partial charge >= 0.3 is 0 Å². The summed E-state index contributed by atoms with van der Waals surface area (Å²) in [5.41, 5.74) is 0.803. The van der Waals surface area contributed by atoms with Crippen LogP contribution in [-0.2, 0) is 6.54 Å². The summed E-state index contributed by atoms with van der Waals surface area (Å²) in [5, 5.41) is 3.28. The van der Waals surface area contributed by atoms with E-state index < -0.39 is 17.5 Å². The van der Waals surface area contributed by atoms with Gasteiger partial charge in [-0.15, -0.1) is 0 Å². The average molecular weight is 293 g/mol. The minimum atomic E-state index is -0.768. The van der Waals surface area contributed by atoms with Gasteiger partial charge in [0.15, 0.2) is 11.6 Å². The maximum absolute atomic E-state index is 13.9. The van der Waals surface area contributed by atoms with Crippen molar-refractivity contribution in [2.24, 2.45) is 0 Å². The molecular formula is C16H14F3NO. The number of hydrogen-bond donors (Lipinski definition) is 1. The summed E-state index contributed by atoms with van der Waals surface area (Å²) in [6, 6.07) is 7.83. The van der Waals surface area contributed by atoms with Gasteiger partial charge in [0.05, 0.1) is 0 Å². The van der Waals surface area contributed by atoms with Gasteiger partial charge in [0.1, 0.15) is 17.4 Å². The molecule has 0 amide bonds. The van der Waals surface area contributed by atoms with Gasteiger partial charge in [0.2, 0.25) is 0 Å². The van der Waals surface area contributed by atoms with Crippen LogP contribution in [0.4, 0.5) is 13.2 Å².